The van der Waals surface area contributed by atoms with E-state index >= 15 is 0 Å². The topological polar surface area (TPSA) is 50.5 Å². The van der Waals surface area contributed by atoms with E-state index in [1.54, 1.807) is 13.3 Å². The van der Waals surface area contributed by atoms with Gasteiger partial charge in [0, 0.05) is 21.8 Å². The lowest BCUT2D eigenvalue weighted by atomic mass is 10.3. The van der Waals surface area contributed by atoms with Gasteiger partial charge in [-0.25, -0.2) is 4.39 Å². The molecule has 134 valence electrons. The number of aromatic nitrogens is 2. The summed E-state index contributed by atoms with van der Waals surface area (Å²) in [5.74, 6) is -0.583. The predicted octanol–water partition coefficient (Wildman–Crippen LogP) is 4.97. The molecule has 3 aromatic rings. The van der Waals surface area contributed by atoms with Crippen molar-refractivity contribution < 1.29 is 4.39 Å². The fourth-order valence-electron chi connectivity index (χ4n) is 2.05. The van der Waals surface area contributed by atoms with Crippen molar-refractivity contribution in [3.63, 3.8) is 0 Å². The summed E-state index contributed by atoms with van der Waals surface area (Å²) in [6.45, 7) is 0. The summed E-state index contributed by atoms with van der Waals surface area (Å²) < 4.78 is 15.3. The van der Waals surface area contributed by atoms with E-state index in [2.05, 4.69) is 26.1 Å². The fraction of sp³-hybridized carbons (Fsp3) is 0.0625. The van der Waals surface area contributed by atoms with Crippen molar-refractivity contribution in [1.82, 2.24) is 9.78 Å². The molecule has 0 spiro atoms. The number of rotatable bonds is 4. The molecule has 2 heterocycles. The number of nitrogens with zero attached hydrogens (tertiary/aromatic N) is 4. The summed E-state index contributed by atoms with van der Waals surface area (Å²) in [5, 5.41) is 11.6. The molecule has 2 aromatic heterocycles. The number of halogens is 4. The van der Waals surface area contributed by atoms with Gasteiger partial charge >= 0.3 is 0 Å². The van der Waals surface area contributed by atoms with Crippen molar-refractivity contribution in [2.24, 2.45) is 5.10 Å². The zero-order valence-electron chi connectivity index (χ0n) is 13.2. The van der Waals surface area contributed by atoms with Gasteiger partial charge in [0.15, 0.2) is 0 Å². The third-order valence-corrected chi connectivity index (χ3v) is 5.62. The van der Waals surface area contributed by atoms with Gasteiger partial charge in [-0.05, 0) is 40.2 Å². The molecule has 0 aliphatic heterocycles. The van der Waals surface area contributed by atoms with Gasteiger partial charge in [-0.2, -0.15) is 14.9 Å². The van der Waals surface area contributed by atoms with Crippen LogP contribution in [0, 0.1) is 5.82 Å². The summed E-state index contributed by atoms with van der Waals surface area (Å²) >= 11 is 16.8. The standard InChI is InChI=1S/C16H10BrCl2FN4OS/c1-23(21-6-11-4-9(17)8-26-11)14-7-22-24(16(25)15(14)19)10-2-3-13(20)12(18)5-10/h2-8H,1H3/b21-6-. The number of hydrazone groups is 1. The lowest BCUT2D eigenvalue weighted by Crippen LogP contribution is -2.24. The van der Waals surface area contributed by atoms with Crippen molar-refractivity contribution in [2.75, 3.05) is 12.1 Å². The van der Waals surface area contributed by atoms with Crippen LogP contribution in [0.3, 0.4) is 0 Å². The summed E-state index contributed by atoms with van der Waals surface area (Å²) in [6.07, 6.45) is 3.06. The molecule has 0 bridgehead atoms. The molecule has 5 nitrogen and oxygen atoms in total. The maximum absolute atomic E-state index is 13.3. The first kappa shape index (κ1) is 19.0. The van der Waals surface area contributed by atoms with Crippen LogP contribution in [0.4, 0.5) is 10.1 Å². The highest BCUT2D eigenvalue weighted by atomic mass is 79.9. The van der Waals surface area contributed by atoms with Crippen LogP contribution in [0.5, 0.6) is 0 Å². The van der Waals surface area contributed by atoms with Gasteiger partial charge in [-0.3, -0.25) is 9.80 Å². The number of thiophene rings is 1. The summed E-state index contributed by atoms with van der Waals surface area (Å²) in [4.78, 5) is 13.4. The van der Waals surface area contributed by atoms with E-state index in [9.17, 15) is 9.18 Å². The van der Waals surface area contributed by atoms with Crippen molar-refractivity contribution in [3.8, 4) is 5.69 Å². The highest BCUT2D eigenvalue weighted by molar-refractivity contribution is 9.10. The third-order valence-electron chi connectivity index (χ3n) is 3.34. The van der Waals surface area contributed by atoms with Gasteiger partial charge in [0.05, 0.1) is 23.1 Å². The smallest absolute Gasteiger partial charge is 0.266 e. The zero-order chi connectivity index (χ0) is 18.8. The first-order chi connectivity index (χ1) is 12.4. The Morgan fingerprint density at radius 3 is 2.81 bits per heavy atom. The number of anilines is 1. The second kappa shape index (κ2) is 7.87. The Balaban J connectivity index is 1.92. The summed E-state index contributed by atoms with van der Waals surface area (Å²) in [7, 11) is 1.65. The lowest BCUT2D eigenvalue weighted by molar-refractivity contribution is 0.627. The Hall–Kier alpha value is -1.74. The molecule has 0 aliphatic carbocycles. The van der Waals surface area contributed by atoms with Gasteiger partial charge in [0.2, 0.25) is 0 Å². The summed E-state index contributed by atoms with van der Waals surface area (Å²) in [5.41, 5.74) is 0.0881. The van der Waals surface area contributed by atoms with Crippen LogP contribution >= 0.6 is 50.5 Å². The van der Waals surface area contributed by atoms with E-state index in [1.165, 1.54) is 34.7 Å². The lowest BCUT2D eigenvalue weighted by Gasteiger charge is -2.15. The minimum absolute atomic E-state index is 0.0625. The van der Waals surface area contributed by atoms with Crippen LogP contribution in [-0.2, 0) is 0 Å². The Bertz CT molecular complexity index is 1050. The Kier molecular flexibility index (Phi) is 5.76. The fourth-order valence-corrected chi connectivity index (χ4v) is 3.78. The average Bonchev–Trinajstić information content (AvgIpc) is 3.03. The van der Waals surface area contributed by atoms with Crippen molar-refractivity contribution in [2.45, 2.75) is 0 Å². The Morgan fingerprint density at radius 1 is 1.38 bits per heavy atom. The van der Waals surface area contributed by atoms with E-state index in [1.807, 2.05) is 11.4 Å². The second-order valence-corrected chi connectivity index (χ2v) is 7.74. The van der Waals surface area contributed by atoms with Gasteiger partial charge in [0.1, 0.15) is 16.5 Å². The first-order valence-corrected chi connectivity index (χ1v) is 9.54. The molecule has 1 aromatic carbocycles. The SMILES string of the molecule is CN(/N=C\c1cc(Br)cs1)c1cnn(-c2ccc(F)c(Cl)c2)c(=O)c1Cl. The molecule has 0 radical (unpaired) electrons. The molecule has 0 fully saturated rings. The number of benzene rings is 1. The molecular weight excluding hydrogens is 466 g/mol. The van der Waals surface area contributed by atoms with Crippen molar-refractivity contribution >= 4 is 62.4 Å². The van der Waals surface area contributed by atoms with Gasteiger partial charge in [-0.15, -0.1) is 11.3 Å². The molecule has 0 unspecified atom stereocenters. The van der Waals surface area contributed by atoms with E-state index in [0.29, 0.717) is 11.4 Å². The maximum Gasteiger partial charge on any atom is 0.292 e. The minimum atomic E-state index is -0.583. The summed E-state index contributed by atoms with van der Waals surface area (Å²) in [6, 6.07) is 5.77. The number of hydrogen-bond acceptors (Lipinski definition) is 5. The van der Waals surface area contributed by atoms with E-state index in [0.717, 1.165) is 20.1 Å². The number of hydrogen-bond donors (Lipinski definition) is 0. The molecule has 0 saturated carbocycles. The molecule has 10 heteroatoms. The zero-order valence-corrected chi connectivity index (χ0v) is 17.1. The van der Waals surface area contributed by atoms with Crippen LogP contribution in [0.15, 0.2) is 50.2 Å². The van der Waals surface area contributed by atoms with Crippen LogP contribution in [0.1, 0.15) is 4.88 Å². The molecule has 0 amide bonds. The normalized spacial score (nSPS) is 11.3. The highest BCUT2D eigenvalue weighted by Gasteiger charge is 2.14. The molecular formula is C16H10BrCl2FN4OS. The largest absolute Gasteiger partial charge is 0.292 e. The molecule has 3 rings (SSSR count). The van der Waals surface area contributed by atoms with Crippen molar-refractivity contribution in [3.05, 3.63) is 71.4 Å². The van der Waals surface area contributed by atoms with Crippen LogP contribution in [-0.4, -0.2) is 23.0 Å². The van der Waals surface area contributed by atoms with Gasteiger partial charge in [-0.1, -0.05) is 23.2 Å². The molecule has 0 aliphatic rings. The molecule has 0 N–H and O–H groups in total. The Labute approximate surface area is 170 Å². The van der Waals surface area contributed by atoms with Gasteiger partial charge < -0.3 is 0 Å². The quantitative estimate of drug-likeness (QED) is 0.395. The van der Waals surface area contributed by atoms with Crippen molar-refractivity contribution in [1.29, 1.82) is 0 Å². The maximum atomic E-state index is 13.3. The Morgan fingerprint density at radius 2 is 2.15 bits per heavy atom. The average molecular weight is 476 g/mol. The van der Waals surface area contributed by atoms with Crippen LogP contribution in [0.2, 0.25) is 10.0 Å². The second-order valence-electron chi connectivity index (χ2n) is 5.09. The van der Waals surface area contributed by atoms with E-state index < -0.39 is 11.4 Å². The first-order valence-electron chi connectivity index (χ1n) is 7.12. The minimum Gasteiger partial charge on any atom is -0.266 e. The molecule has 0 atom stereocenters. The molecule has 0 saturated heterocycles. The van der Waals surface area contributed by atoms with Crippen LogP contribution in [0.25, 0.3) is 5.69 Å². The highest BCUT2D eigenvalue weighted by Crippen LogP contribution is 2.23. The van der Waals surface area contributed by atoms with Crippen LogP contribution < -0.4 is 10.6 Å². The third kappa shape index (κ3) is 3.98. The van der Waals surface area contributed by atoms with E-state index in [-0.39, 0.29) is 10.0 Å². The van der Waals surface area contributed by atoms with E-state index in [4.69, 9.17) is 23.2 Å². The van der Waals surface area contributed by atoms with Gasteiger partial charge in [0.25, 0.3) is 5.56 Å². The predicted molar refractivity (Wildman–Crippen MR) is 108 cm³/mol. The molecule has 26 heavy (non-hydrogen) atoms. The monoisotopic (exact) mass is 474 g/mol.